The predicted molar refractivity (Wildman–Crippen MR) is 54.3 cm³/mol. The van der Waals surface area contributed by atoms with Crippen LogP contribution in [-0.4, -0.2) is 21.9 Å². The van der Waals surface area contributed by atoms with Crippen LogP contribution in [0.4, 0.5) is 13.2 Å². The molecule has 0 fully saturated rings. The number of hydrogen-bond donors (Lipinski definition) is 1. The Morgan fingerprint density at radius 3 is 2.59 bits per heavy atom. The molecular weight excluding hydrogens is 235 g/mol. The molecule has 1 heterocycles. The Balaban J connectivity index is 2.62. The first-order valence-electron chi connectivity index (χ1n) is 4.70. The van der Waals surface area contributed by atoms with E-state index in [2.05, 4.69) is 5.10 Å². The number of benzene rings is 1. The topological polar surface area (TPSA) is 60.9 Å². The van der Waals surface area contributed by atoms with Gasteiger partial charge in [-0.1, -0.05) is 18.2 Å². The molecule has 0 saturated carbocycles. The number of amides is 1. The number of halogens is 3. The molecule has 1 aromatic heterocycles. The van der Waals surface area contributed by atoms with Gasteiger partial charge in [-0.15, -0.1) is 0 Å². The Labute approximate surface area is 93.8 Å². The zero-order valence-corrected chi connectivity index (χ0v) is 8.53. The lowest BCUT2D eigenvalue weighted by Crippen LogP contribution is -2.24. The van der Waals surface area contributed by atoms with E-state index in [0.717, 1.165) is 0 Å². The summed E-state index contributed by atoms with van der Waals surface area (Å²) in [4.78, 5) is 11.2. The highest BCUT2D eigenvalue weighted by molar-refractivity contribution is 6.04. The molecule has 1 amide bonds. The largest absolute Gasteiger partial charge is 0.408 e. The normalized spacial score (nSPS) is 11.9. The van der Waals surface area contributed by atoms with E-state index in [9.17, 15) is 18.0 Å². The minimum absolute atomic E-state index is 0.224. The molecule has 0 spiro atoms. The van der Waals surface area contributed by atoms with Crippen molar-refractivity contribution in [3.8, 4) is 0 Å². The van der Waals surface area contributed by atoms with Crippen LogP contribution < -0.4 is 5.73 Å². The molecule has 0 radical (unpaired) electrons. The Bertz CT molecular complexity index is 574. The lowest BCUT2D eigenvalue weighted by atomic mass is 10.2. The van der Waals surface area contributed by atoms with E-state index in [0.29, 0.717) is 15.6 Å². The lowest BCUT2D eigenvalue weighted by molar-refractivity contribution is -0.142. The van der Waals surface area contributed by atoms with Gasteiger partial charge in [0.05, 0.1) is 5.52 Å². The van der Waals surface area contributed by atoms with Gasteiger partial charge >= 0.3 is 6.18 Å². The molecule has 0 bridgehead atoms. The molecule has 0 aliphatic heterocycles. The van der Waals surface area contributed by atoms with Gasteiger partial charge in [-0.2, -0.15) is 18.3 Å². The fourth-order valence-corrected chi connectivity index (χ4v) is 1.62. The van der Waals surface area contributed by atoms with E-state index in [1.165, 1.54) is 12.1 Å². The van der Waals surface area contributed by atoms with Crippen molar-refractivity contribution in [3.63, 3.8) is 0 Å². The van der Waals surface area contributed by atoms with Crippen molar-refractivity contribution >= 4 is 16.8 Å². The summed E-state index contributed by atoms with van der Waals surface area (Å²) >= 11 is 0. The van der Waals surface area contributed by atoms with Crippen molar-refractivity contribution in [2.45, 2.75) is 12.7 Å². The van der Waals surface area contributed by atoms with E-state index in [-0.39, 0.29) is 5.69 Å². The molecule has 7 heteroatoms. The third-order valence-corrected chi connectivity index (χ3v) is 2.21. The van der Waals surface area contributed by atoms with Crippen molar-refractivity contribution in [1.29, 1.82) is 0 Å². The zero-order valence-electron chi connectivity index (χ0n) is 8.53. The van der Waals surface area contributed by atoms with Crippen LogP contribution in [0.1, 0.15) is 10.5 Å². The van der Waals surface area contributed by atoms with Crippen LogP contribution in [-0.2, 0) is 6.54 Å². The molecule has 2 aromatic rings. The van der Waals surface area contributed by atoms with Gasteiger partial charge in [0.1, 0.15) is 12.2 Å². The standard InChI is InChI=1S/C10H8F3N3O/c11-10(12,13)5-16-8(9(14)17)6-3-1-2-4-7(6)15-16/h1-4H,5H2,(H2,14,17). The van der Waals surface area contributed by atoms with Crippen LogP contribution in [0.15, 0.2) is 24.3 Å². The SMILES string of the molecule is NC(=O)c1c2ccccc2nn1CC(F)(F)F. The fraction of sp³-hybridized carbons (Fsp3) is 0.200. The highest BCUT2D eigenvalue weighted by atomic mass is 19.4. The van der Waals surface area contributed by atoms with Gasteiger partial charge in [-0.25, -0.2) is 4.68 Å². The molecule has 2 N–H and O–H groups in total. The van der Waals surface area contributed by atoms with Gasteiger partial charge in [0.25, 0.3) is 5.91 Å². The molecule has 1 aromatic carbocycles. The number of aromatic nitrogens is 2. The second-order valence-corrected chi connectivity index (χ2v) is 3.50. The number of nitrogens with zero attached hydrogens (tertiary/aromatic N) is 2. The molecular formula is C10H8F3N3O. The molecule has 0 atom stereocenters. The fourth-order valence-electron chi connectivity index (χ4n) is 1.62. The molecule has 0 aliphatic carbocycles. The third-order valence-electron chi connectivity index (χ3n) is 2.21. The number of rotatable bonds is 2. The Morgan fingerprint density at radius 1 is 1.35 bits per heavy atom. The smallest absolute Gasteiger partial charge is 0.364 e. The predicted octanol–water partition coefficient (Wildman–Crippen LogP) is 1.70. The van der Waals surface area contributed by atoms with Gasteiger partial charge < -0.3 is 5.73 Å². The summed E-state index contributed by atoms with van der Waals surface area (Å²) < 4.78 is 37.5. The summed E-state index contributed by atoms with van der Waals surface area (Å²) in [5, 5.41) is 4.04. The van der Waals surface area contributed by atoms with Gasteiger partial charge in [0.2, 0.25) is 0 Å². The van der Waals surface area contributed by atoms with Crippen LogP contribution >= 0.6 is 0 Å². The first-order chi connectivity index (χ1) is 7.88. The summed E-state index contributed by atoms with van der Waals surface area (Å²) in [6.07, 6.45) is -4.45. The number of primary amides is 1. The lowest BCUT2D eigenvalue weighted by Gasteiger charge is -2.08. The van der Waals surface area contributed by atoms with Crippen LogP contribution in [0.3, 0.4) is 0 Å². The number of alkyl halides is 3. The first kappa shape index (κ1) is 11.4. The van der Waals surface area contributed by atoms with Crippen LogP contribution in [0.2, 0.25) is 0 Å². The van der Waals surface area contributed by atoms with Crippen molar-refractivity contribution in [1.82, 2.24) is 9.78 Å². The monoisotopic (exact) mass is 243 g/mol. The van der Waals surface area contributed by atoms with Gasteiger partial charge in [0.15, 0.2) is 0 Å². The molecule has 2 rings (SSSR count). The second-order valence-electron chi connectivity index (χ2n) is 3.50. The van der Waals surface area contributed by atoms with Crippen molar-refractivity contribution in [2.24, 2.45) is 5.73 Å². The summed E-state index contributed by atoms with van der Waals surface area (Å²) in [6, 6.07) is 6.26. The molecule has 17 heavy (non-hydrogen) atoms. The van der Waals surface area contributed by atoms with Crippen molar-refractivity contribution in [2.75, 3.05) is 0 Å². The minimum atomic E-state index is -4.45. The maximum Gasteiger partial charge on any atom is 0.408 e. The van der Waals surface area contributed by atoms with Gasteiger partial charge in [0, 0.05) is 5.39 Å². The summed E-state index contributed by atoms with van der Waals surface area (Å²) in [5.41, 5.74) is 5.16. The molecule has 4 nitrogen and oxygen atoms in total. The maximum atomic E-state index is 12.3. The van der Waals surface area contributed by atoms with E-state index in [1.54, 1.807) is 12.1 Å². The summed E-state index contributed by atoms with van der Waals surface area (Å²) in [6.45, 7) is -1.33. The Morgan fingerprint density at radius 2 is 2.00 bits per heavy atom. The Kier molecular flexibility index (Phi) is 2.53. The second kappa shape index (κ2) is 3.76. The van der Waals surface area contributed by atoms with E-state index >= 15 is 0 Å². The van der Waals surface area contributed by atoms with Crippen molar-refractivity contribution in [3.05, 3.63) is 30.0 Å². The highest BCUT2D eigenvalue weighted by Gasteiger charge is 2.31. The van der Waals surface area contributed by atoms with E-state index < -0.39 is 18.6 Å². The zero-order chi connectivity index (χ0) is 12.6. The average Bonchev–Trinajstić information content (AvgIpc) is 2.51. The highest BCUT2D eigenvalue weighted by Crippen LogP contribution is 2.23. The number of carbonyl (C=O) groups excluding carboxylic acids is 1. The summed E-state index contributed by atoms with van der Waals surface area (Å²) in [5.74, 6) is -0.928. The molecule has 0 unspecified atom stereocenters. The van der Waals surface area contributed by atoms with Crippen LogP contribution in [0.5, 0.6) is 0 Å². The molecule has 0 saturated heterocycles. The van der Waals surface area contributed by atoms with E-state index in [4.69, 9.17) is 5.73 Å². The quantitative estimate of drug-likeness (QED) is 0.872. The third kappa shape index (κ3) is 2.22. The van der Waals surface area contributed by atoms with Gasteiger partial charge in [-0.3, -0.25) is 4.79 Å². The minimum Gasteiger partial charge on any atom is -0.364 e. The van der Waals surface area contributed by atoms with E-state index in [1.807, 2.05) is 0 Å². The number of carbonyl (C=O) groups is 1. The number of hydrogen-bond acceptors (Lipinski definition) is 2. The van der Waals surface area contributed by atoms with Crippen LogP contribution in [0, 0.1) is 0 Å². The van der Waals surface area contributed by atoms with Crippen molar-refractivity contribution < 1.29 is 18.0 Å². The average molecular weight is 243 g/mol. The maximum absolute atomic E-state index is 12.3. The summed E-state index contributed by atoms with van der Waals surface area (Å²) in [7, 11) is 0. The molecule has 0 aliphatic rings. The number of fused-ring (bicyclic) bond motifs is 1. The van der Waals surface area contributed by atoms with Crippen LogP contribution in [0.25, 0.3) is 10.9 Å². The number of nitrogens with two attached hydrogens (primary N) is 1. The van der Waals surface area contributed by atoms with Gasteiger partial charge in [-0.05, 0) is 6.07 Å². The Hall–Kier alpha value is -2.05. The molecule has 90 valence electrons. The first-order valence-corrected chi connectivity index (χ1v) is 4.70.